The lowest BCUT2D eigenvalue weighted by atomic mass is 10.1. The molecule has 0 aliphatic carbocycles. The van der Waals surface area contributed by atoms with Crippen LogP contribution in [-0.2, 0) is 4.74 Å². The molecule has 0 radical (unpaired) electrons. The van der Waals surface area contributed by atoms with Gasteiger partial charge in [-0.05, 0) is 25.0 Å². The van der Waals surface area contributed by atoms with E-state index in [9.17, 15) is 4.79 Å². The first kappa shape index (κ1) is 18.7. The molecule has 1 rings (SSSR count). The number of esters is 1. The minimum atomic E-state index is -0.222. The molecule has 0 N–H and O–H groups in total. The van der Waals surface area contributed by atoms with Gasteiger partial charge in [-0.2, -0.15) is 0 Å². The first-order valence-electron chi connectivity index (χ1n) is 8.59. The molecule has 0 heterocycles. The van der Waals surface area contributed by atoms with Crippen LogP contribution in [0.4, 0.5) is 0 Å². The Labute approximate surface area is 135 Å². The average Bonchev–Trinajstić information content (AvgIpc) is 2.51. The van der Waals surface area contributed by atoms with Gasteiger partial charge in [-0.3, -0.25) is 0 Å². The third kappa shape index (κ3) is 8.18. The minimum Gasteiger partial charge on any atom is -0.456 e. The van der Waals surface area contributed by atoms with E-state index in [1.54, 1.807) is 12.1 Å². The van der Waals surface area contributed by atoms with Crippen molar-refractivity contribution in [3.63, 3.8) is 0 Å². The highest BCUT2D eigenvalue weighted by atomic mass is 16.5. The number of ether oxygens (including phenoxy) is 1. The summed E-state index contributed by atoms with van der Waals surface area (Å²) in [5, 5.41) is 0. The summed E-state index contributed by atoms with van der Waals surface area (Å²) in [5.74, 6) is -0.222. The molecule has 0 amide bonds. The van der Waals surface area contributed by atoms with Gasteiger partial charge in [0.1, 0.15) is 13.2 Å². The van der Waals surface area contributed by atoms with E-state index < -0.39 is 0 Å². The topological polar surface area (TPSA) is 26.3 Å². The third-order valence-electron chi connectivity index (χ3n) is 4.06. The van der Waals surface area contributed by atoms with Crippen LogP contribution < -0.4 is 0 Å². The van der Waals surface area contributed by atoms with Gasteiger partial charge in [-0.15, -0.1) is 0 Å². The Morgan fingerprint density at radius 3 is 2.27 bits per heavy atom. The van der Waals surface area contributed by atoms with Crippen LogP contribution in [0.3, 0.4) is 0 Å². The van der Waals surface area contributed by atoms with E-state index in [1.165, 1.54) is 38.5 Å². The predicted molar refractivity (Wildman–Crippen MR) is 91.9 cm³/mol. The molecule has 3 nitrogen and oxygen atoms in total. The zero-order valence-electron chi connectivity index (χ0n) is 14.5. The second-order valence-corrected chi connectivity index (χ2v) is 6.65. The fourth-order valence-corrected chi connectivity index (χ4v) is 2.48. The van der Waals surface area contributed by atoms with Gasteiger partial charge in [0.05, 0.1) is 26.2 Å². The molecule has 0 aliphatic rings. The van der Waals surface area contributed by atoms with Crippen LogP contribution in [0.25, 0.3) is 0 Å². The Morgan fingerprint density at radius 1 is 0.955 bits per heavy atom. The molecule has 3 heteroatoms. The summed E-state index contributed by atoms with van der Waals surface area (Å²) in [6.45, 7) is 4.75. The van der Waals surface area contributed by atoms with Crippen LogP contribution >= 0.6 is 0 Å². The van der Waals surface area contributed by atoms with Crippen LogP contribution in [0.2, 0.25) is 0 Å². The first-order chi connectivity index (χ1) is 10.5. The van der Waals surface area contributed by atoms with Gasteiger partial charge in [0, 0.05) is 0 Å². The Morgan fingerprint density at radius 2 is 1.59 bits per heavy atom. The fraction of sp³-hybridized carbons (Fsp3) is 0.632. The van der Waals surface area contributed by atoms with Crippen molar-refractivity contribution in [2.75, 3.05) is 33.8 Å². The molecule has 1 aromatic carbocycles. The number of likely N-dealkylation sites (N-methyl/N-ethyl adjacent to an activating group) is 1. The van der Waals surface area contributed by atoms with Gasteiger partial charge in [0.15, 0.2) is 0 Å². The van der Waals surface area contributed by atoms with Crippen LogP contribution in [0.1, 0.15) is 55.8 Å². The minimum absolute atomic E-state index is 0.222. The molecule has 0 atom stereocenters. The molecule has 0 aromatic heterocycles. The number of carbonyl (C=O) groups excluding carboxylic acids is 1. The molecule has 0 saturated carbocycles. The quantitative estimate of drug-likeness (QED) is 0.346. The monoisotopic (exact) mass is 306 g/mol. The first-order valence-corrected chi connectivity index (χ1v) is 8.59. The fourth-order valence-electron chi connectivity index (χ4n) is 2.48. The Hall–Kier alpha value is -1.35. The molecular weight excluding hydrogens is 274 g/mol. The Kier molecular flexibility index (Phi) is 8.83. The zero-order chi connectivity index (χ0) is 16.3. The van der Waals surface area contributed by atoms with Gasteiger partial charge >= 0.3 is 5.97 Å². The summed E-state index contributed by atoms with van der Waals surface area (Å²) < 4.78 is 6.28. The summed E-state index contributed by atoms with van der Waals surface area (Å²) in [6.07, 6.45) is 7.92. The largest absolute Gasteiger partial charge is 0.456 e. The molecule has 1 aromatic rings. The number of nitrogens with zero attached hydrogens (tertiary/aromatic N) is 1. The maximum absolute atomic E-state index is 11.9. The molecule has 0 saturated heterocycles. The number of benzene rings is 1. The Balaban J connectivity index is 2.15. The van der Waals surface area contributed by atoms with E-state index in [2.05, 4.69) is 21.0 Å². The van der Waals surface area contributed by atoms with Crippen LogP contribution in [0.15, 0.2) is 30.3 Å². The van der Waals surface area contributed by atoms with Crippen molar-refractivity contribution in [1.82, 2.24) is 0 Å². The zero-order valence-corrected chi connectivity index (χ0v) is 14.5. The normalized spacial score (nSPS) is 11.4. The van der Waals surface area contributed by atoms with Crippen molar-refractivity contribution in [3.05, 3.63) is 35.9 Å². The van der Waals surface area contributed by atoms with E-state index in [0.29, 0.717) is 12.2 Å². The molecule has 0 spiro atoms. The number of carbonyl (C=O) groups is 1. The highest BCUT2D eigenvalue weighted by Gasteiger charge is 2.15. The molecular formula is C19H32NO2+. The summed E-state index contributed by atoms with van der Waals surface area (Å²) in [6, 6.07) is 9.19. The third-order valence-corrected chi connectivity index (χ3v) is 4.06. The number of hydrogen-bond acceptors (Lipinski definition) is 2. The van der Waals surface area contributed by atoms with Gasteiger partial charge in [0.2, 0.25) is 0 Å². The maximum Gasteiger partial charge on any atom is 0.338 e. The highest BCUT2D eigenvalue weighted by Crippen LogP contribution is 2.08. The van der Waals surface area contributed by atoms with Crippen molar-refractivity contribution in [3.8, 4) is 0 Å². The molecule has 0 fully saturated rings. The predicted octanol–water partition coefficient (Wildman–Crippen LogP) is 4.28. The smallest absolute Gasteiger partial charge is 0.338 e. The lowest BCUT2D eigenvalue weighted by Crippen LogP contribution is -2.43. The summed E-state index contributed by atoms with van der Waals surface area (Å²) in [5.41, 5.74) is 0.628. The number of rotatable bonds is 11. The summed E-state index contributed by atoms with van der Waals surface area (Å²) >= 11 is 0. The summed E-state index contributed by atoms with van der Waals surface area (Å²) in [4.78, 5) is 11.9. The van der Waals surface area contributed by atoms with Crippen molar-refractivity contribution >= 4 is 5.97 Å². The van der Waals surface area contributed by atoms with E-state index in [-0.39, 0.29) is 5.97 Å². The molecule has 0 unspecified atom stereocenters. The van der Waals surface area contributed by atoms with Gasteiger partial charge in [-0.1, -0.05) is 50.8 Å². The van der Waals surface area contributed by atoms with Gasteiger partial charge in [-0.25, -0.2) is 4.79 Å². The average molecular weight is 306 g/mol. The van der Waals surface area contributed by atoms with Crippen molar-refractivity contribution < 1.29 is 14.0 Å². The van der Waals surface area contributed by atoms with Gasteiger partial charge < -0.3 is 9.22 Å². The second kappa shape index (κ2) is 10.4. The Bertz CT molecular complexity index is 415. The number of hydrogen-bond donors (Lipinski definition) is 0. The van der Waals surface area contributed by atoms with E-state index in [1.807, 2.05) is 18.2 Å². The lowest BCUT2D eigenvalue weighted by molar-refractivity contribution is -0.890. The maximum atomic E-state index is 11.9. The molecule has 124 valence electrons. The van der Waals surface area contributed by atoms with Gasteiger partial charge in [0.25, 0.3) is 0 Å². The molecule has 0 aliphatic heterocycles. The highest BCUT2D eigenvalue weighted by molar-refractivity contribution is 5.89. The van der Waals surface area contributed by atoms with Crippen LogP contribution in [0.5, 0.6) is 0 Å². The van der Waals surface area contributed by atoms with Crippen molar-refractivity contribution in [2.24, 2.45) is 0 Å². The van der Waals surface area contributed by atoms with Crippen molar-refractivity contribution in [2.45, 2.75) is 45.4 Å². The molecule has 22 heavy (non-hydrogen) atoms. The summed E-state index contributed by atoms with van der Waals surface area (Å²) in [7, 11) is 4.42. The lowest BCUT2D eigenvalue weighted by Gasteiger charge is -2.29. The SMILES string of the molecule is CCCCCCCC[N+](C)(C)CCOC(=O)c1ccccc1. The standard InChI is InChI=1S/C19H32NO2/c1-4-5-6-7-8-12-15-20(2,3)16-17-22-19(21)18-13-10-9-11-14-18/h9-11,13-14H,4-8,12,15-17H2,1-3H3/q+1. The van der Waals surface area contributed by atoms with E-state index >= 15 is 0 Å². The second-order valence-electron chi connectivity index (χ2n) is 6.65. The molecule has 0 bridgehead atoms. The van der Waals surface area contributed by atoms with E-state index in [0.717, 1.165) is 17.6 Å². The number of unbranched alkanes of at least 4 members (excludes halogenated alkanes) is 5. The van der Waals surface area contributed by atoms with Crippen LogP contribution in [-0.4, -0.2) is 44.2 Å². The van der Waals surface area contributed by atoms with Crippen LogP contribution in [0, 0.1) is 0 Å². The van der Waals surface area contributed by atoms with Crippen molar-refractivity contribution in [1.29, 1.82) is 0 Å². The number of quaternary nitrogens is 1. The van der Waals surface area contributed by atoms with E-state index in [4.69, 9.17) is 4.74 Å².